The van der Waals surface area contributed by atoms with Crippen molar-refractivity contribution in [3.8, 4) is 6.07 Å². The van der Waals surface area contributed by atoms with Crippen molar-refractivity contribution in [3.63, 3.8) is 0 Å². The van der Waals surface area contributed by atoms with Gasteiger partial charge in [0.25, 0.3) is 0 Å². The third-order valence-electron chi connectivity index (χ3n) is 1.81. The zero-order chi connectivity index (χ0) is 11.5. The first-order valence-electron chi connectivity index (χ1n) is 4.27. The second-order valence-electron chi connectivity index (χ2n) is 2.91. The maximum Gasteiger partial charge on any atom is 0.188 e. The first-order valence-corrected chi connectivity index (χ1v) is 5.90. The third kappa shape index (κ3) is 2.45. The van der Waals surface area contributed by atoms with Crippen LogP contribution in [0.3, 0.4) is 0 Å². The number of nitriles is 1. The van der Waals surface area contributed by atoms with E-state index in [1.54, 1.807) is 23.6 Å². The minimum absolute atomic E-state index is 0.431. The second-order valence-corrected chi connectivity index (χ2v) is 4.56. The highest BCUT2D eigenvalue weighted by molar-refractivity contribution is 7.14. The standard InChI is InChI=1S/C10H5Cl2N3S/c11-7-2-1-6(4-13)3-8(7)14-10-15-9(12)5-16-10/h1-3,5H,(H,14,15). The number of thiazole rings is 1. The van der Waals surface area contributed by atoms with E-state index >= 15 is 0 Å². The number of nitrogens with one attached hydrogen (secondary N) is 1. The Kier molecular flexibility index (Phi) is 3.30. The van der Waals surface area contributed by atoms with Crippen LogP contribution in [0.1, 0.15) is 5.56 Å². The summed E-state index contributed by atoms with van der Waals surface area (Å²) in [6, 6.07) is 7.03. The molecule has 0 aliphatic carbocycles. The van der Waals surface area contributed by atoms with Crippen LogP contribution in [0.4, 0.5) is 10.8 Å². The van der Waals surface area contributed by atoms with E-state index in [4.69, 9.17) is 28.5 Å². The molecule has 6 heteroatoms. The van der Waals surface area contributed by atoms with Gasteiger partial charge in [-0.25, -0.2) is 4.98 Å². The quantitative estimate of drug-likeness (QED) is 0.894. The fourth-order valence-electron chi connectivity index (χ4n) is 1.12. The average molecular weight is 270 g/mol. The van der Waals surface area contributed by atoms with Crippen molar-refractivity contribution in [3.05, 3.63) is 39.3 Å². The fraction of sp³-hybridized carbons (Fsp3) is 0. The minimum atomic E-state index is 0.431. The second kappa shape index (κ2) is 4.71. The molecule has 80 valence electrons. The molecule has 1 heterocycles. The Bertz CT molecular complexity index is 559. The number of nitrogens with zero attached hydrogens (tertiary/aromatic N) is 2. The summed E-state index contributed by atoms with van der Waals surface area (Å²) in [7, 11) is 0. The molecule has 0 saturated carbocycles. The molecule has 0 unspecified atom stereocenters. The lowest BCUT2D eigenvalue weighted by molar-refractivity contribution is 1.39. The summed E-state index contributed by atoms with van der Waals surface area (Å²) in [5.74, 6) is 0. The third-order valence-corrected chi connectivity index (χ3v) is 3.22. The Labute approximate surface area is 106 Å². The molecule has 2 rings (SSSR count). The van der Waals surface area contributed by atoms with Gasteiger partial charge in [0.2, 0.25) is 0 Å². The van der Waals surface area contributed by atoms with Gasteiger partial charge in [-0.05, 0) is 18.2 Å². The topological polar surface area (TPSA) is 48.7 Å². The van der Waals surface area contributed by atoms with Crippen LogP contribution in [0, 0.1) is 11.3 Å². The smallest absolute Gasteiger partial charge is 0.188 e. The number of rotatable bonds is 2. The summed E-state index contributed by atoms with van der Waals surface area (Å²) >= 11 is 13.1. The highest BCUT2D eigenvalue weighted by Gasteiger charge is 2.05. The number of anilines is 2. The molecule has 0 saturated heterocycles. The lowest BCUT2D eigenvalue weighted by atomic mass is 10.2. The Morgan fingerprint density at radius 3 is 2.81 bits per heavy atom. The van der Waals surface area contributed by atoms with E-state index in [2.05, 4.69) is 10.3 Å². The Balaban J connectivity index is 2.30. The van der Waals surface area contributed by atoms with Crippen molar-refractivity contribution >= 4 is 45.4 Å². The average Bonchev–Trinajstić information content (AvgIpc) is 2.67. The molecule has 0 fully saturated rings. The summed E-state index contributed by atoms with van der Waals surface area (Å²) in [6.07, 6.45) is 0. The molecule has 0 bridgehead atoms. The lowest BCUT2D eigenvalue weighted by Crippen LogP contribution is -1.91. The van der Waals surface area contributed by atoms with Crippen molar-refractivity contribution in [2.24, 2.45) is 0 Å². The van der Waals surface area contributed by atoms with Gasteiger partial charge in [0.05, 0.1) is 22.3 Å². The number of aromatic nitrogens is 1. The molecule has 3 nitrogen and oxygen atoms in total. The van der Waals surface area contributed by atoms with Gasteiger partial charge in [-0.15, -0.1) is 11.3 Å². The van der Waals surface area contributed by atoms with Crippen molar-refractivity contribution < 1.29 is 0 Å². The maximum atomic E-state index is 8.77. The van der Waals surface area contributed by atoms with Crippen molar-refractivity contribution in [1.29, 1.82) is 5.26 Å². The van der Waals surface area contributed by atoms with Crippen molar-refractivity contribution in [2.75, 3.05) is 5.32 Å². The SMILES string of the molecule is N#Cc1ccc(Cl)c(Nc2nc(Cl)cs2)c1. The molecule has 1 aromatic heterocycles. The van der Waals surface area contributed by atoms with E-state index in [1.807, 2.05) is 6.07 Å². The van der Waals surface area contributed by atoms with Crippen molar-refractivity contribution in [2.45, 2.75) is 0 Å². The fourth-order valence-corrected chi connectivity index (χ4v) is 2.13. The van der Waals surface area contributed by atoms with Crippen LogP contribution < -0.4 is 5.32 Å². The van der Waals surface area contributed by atoms with E-state index in [9.17, 15) is 0 Å². The zero-order valence-electron chi connectivity index (χ0n) is 7.87. The van der Waals surface area contributed by atoms with E-state index in [1.165, 1.54) is 11.3 Å². The van der Waals surface area contributed by atoms with Gasteiger partial charge in [-0.3, -0.25) is 0 Å². The van der Waals surface area contributed by atoms with Gasteiger partial charge in [0, 0.05) is 5.38 Å². The van der Waals surface area contributed by atoms with Crippen LogP contribution in [-0.4, -0.2) is 4.98 Å². The highest BCUT2D eigenvalue weighted by atomic mass is 35.5. The molecule has 0 radical (unpaired) electrons. The number of benzene rings is 1. The van der Waals surface area contributed by atoms with Gasteiger partial charge in [0.1, 0.15) is 5.15 Å². The van der Waals surface area contributed by atoms with Crippen LogP contribution in [0.15, 0.2) is 23.6 Å². The van der Waals surface area contributed by atoms with Crippen LogP contribution >= 0.6 is 34.5 Å². The Morgan fingerprint density at radius 1 is 1.38 bits per heavy atom. The van der Waals surface area contributed by atoms with Gasteiger partial charge in [-0.1, -0.05) is 23.2 Å². The largest absolute Gasteiger partial charge is 0.330 e. The predicted octanol–water partition coefficient (Wildman–Crippen LogP) is 4.07. The molecular formula is C10H5Cl2N3S. The van der Waals surface area contributed by atoms with Crippen LogP contribution in [-0.2, 0) is 0 Å². The van der Waals surface area contributed by atoms with Crippen LogP contribution in [0.5, 0.6) is 0 Å². The number of hydrogen-bond acceptors (Lipinski definition) is 4. The van der Waals surface area contributed by atoms with E-state index in [0.717, 1.165) is 0 Å². The molecule has 2 aromatic rings. The molecular weight excluding hydrogens is 265 g/mol. The first-order chi connectivity index (χ1) is 7.69. The maximum absolute atomic E-state index is 8.77. The van der Waals surface area contributed by atoms with E-state index in [0.29, 0.717) is 26.6 Å². The molecule has 0 spiro atoms. The molecule has 0 amide bonds. The molecule has 0 aliphatic heterocycles. The molecule has 1 aromatic carbocycles. The molecule has 0 atom stereocenters. The molecule has 16 heavy (non-hydrogen) atoms. The summed E-state index contributed by atoms with van der Waals surface area (Å²) in [4.78, 5) is 4.03. The number of hydrogen-bond donors (Lipinski definition) is 1. The van der Waals surface area contributed by atoms with Gasteiger partial charge in [0.15, 0.2) is 5.13 Å². The molecule has 0 aliphatic rings. The Hall–Kier alpha value is -1.28. The van der Waals surface area contributed by atoms with Crippen molar-refractivity contribution in [1.82, 2.24) is 4.98 Å². The van der Waals surface area contributed by atoms with Gasteiger partial charge in [-0.2, -0.15) is 5.26 Å². The lowest BCUT2D eigenvalue weighted by Gasteiger charge is -2.04. The summed E-state index contributed by atoms with van der Waals surface area (Å²) < 4.78 is 0. The predicted molar refractivity (Wildman–Crippen MR) is 66.6 cm³/mol. The summed E-state index contributed by atoms with van der Waals surface area (Å²) in [5, 5.41) is 15.1. The zero-order valence-corrected chi connectivity index (χ0v) is 10.2. The highest BCUT2D eigenvalue weighted by Crippen LogP contribution is 2.28. The van der Waals surface area contributed by atoms with Gasteiger partial charge >= 0.3 is 0 Å². The van der Waals surface area contributed by atoms with Gasteiger partial charge < -0.3 is 5.32 Å². The molecule has 1 N–H and O–H groups in total. The van der Waals surface area contributed by atoms with Crippen LogP contribution in [0.2, 0.25) is 10.2 Å². The Morgan fingerprint density at radius 2 is 2.19 bits per heavy atom. The normalized spacial score (nSPS) is 9.81. The van der Waals surface area contributed by atoms with E-state index < -0.39 is 0 Å². The summed E-state index contributed by atoms with van der Waals surface area (Å²) in [5.41, 5.74) is 1.18. The number of halogens is 2. The summed E-state index contributed by atoms with van der Waals surface area (Å²) in [6.45, 7) is 0. The van der Waals surface area contributed by atoms with Crippen LogP contribution in [0.25, 0.3) is 0 Å². The first kappa shape index (κ1) is 11.2. The minimum Gasteiger partial charge on any atom is -0.330 e. The van der Waals surface area contributed by atoms with E-state index in [-0.39, 0.29) is 0 Å². The monoisotopic (exact) mass is 269 g/mol.